The van der Waals surface area contributed by atoms with Crippen LogP contribution < -0.4 is 5.43 Å². The van der Waals surface area contributed by atoms with E-state index >= 15 is 0 Å². The SMILES string of the molecule is O=C(N/N=C\c1cc(Br)ccc1O)c1ccc(Br)cc1. The highest BCUT2D eigenvalue weighted by atomic mass is 79.9. The number of phenols is 1. The number of hydrogen-bond acceptors (Lipinski definition) is 3. The van der Waals surface area contributed by atoms with Crippen molar-refractivity contribution < 1.29 is 9.90 Å². The molecule has 0 radical (unpaired) electrons. The first kappa shape index (κ1) is 14.7. The van der Waals surface area contributed by atoms with Crippen molar-refractivity contribution in [2.45, 2.75) is 0 Å². The second kappa shape index (κ2) is 6.67. The molecule has 1 amide bonds. The number of hydrogen-bond donors (Lipinski definition) is 2. The van der Waals surface area contributed by atoms with E-state index in [1.165, 1.54) is 6.21 Å². The van der Waals surface area contributed by atoms with Gasteiger partial charge in [-0.15, -0.1) is 0 Å². The summed E-state index contributed by atoms with van der Waals surface area (Å²) in [6, 6.07) is 11.9. The lowest BCUT2D eigenvalue weighted by Crippen LogP contribution is -2.17. The van der Waals surface area contributed by atoms with E-state index in [1.54, 1.807) is 42.5 Å². The fraction of sp³-hybridized carbons (Fsp3) is 0. The van der Waals surface area contributed by atoms with Crippen LogP contribution in [0.15, 0.2) is 56.5 Å². The summed E-state index contributed by atoms with van der Waals surface area (Å²) in [5.74, 6) is -0.224. The molecule has 0 saturated carbocycles. The van der Waals surface area contributed by atoms with Crippen LogP contribution in [-0.4, -0.2) is 17.2 Å². The molecular formula is C14H10Br2N2O2. The van der Waals surface area contributed by atoms with Crippen molar-refractivity contribution in [3.63, 3.8) is 0 Å². The van der Waals surface area contributed by atoms with Crippen LogP contribution in [0, 0.1) is 0 Å². The summed E-state index contributed by atoms with van der Waals surface area (Å²) in [6.07, 6.45) is 1.39. The van der Waals surface area contributed by atoms with Crippen LogP contribution in [0.3, 0.4) is 0 Å². The van der Waals surface area contributed by atoms with Crippen molar-refractivity contribution in [1.82, 2.24) is 5.43 Å². The van der Waals surface area contributed by atoms with E-state index in [9.17, 15) is 9.90 Å². The predicted molar refractivity (Wildman–Crippen MR) is 85.0 cm³/mol. The van der Waals surface area contributed by atoms with Crippen molar-refractivity contribution in [2.75, 3.05) is 0 Å². The molecule has 0 aliphatic heterocycles. The van der Waals surface area contributed by atoms with Crippen molar-refractivity contribution in [3.05, 3.63) is 62.5 Å². The van der Waals surface area contributed by atoms with Gasteiger partial charge in [-0.25, -0.2) is 5.43 Å². The molecule has 0 aliphatic carbocycles. The first-order valence-electron chi connectivity index (χ1n) is 5.64. The Morgan fingerprint density at radius 2 is 1.75 bits per heavy atom. The Bertz CT molecular complexity index is 655. The van der Waals surface area contributed by atoms with Crippen LogP contribution in [0.1, 0.15) is 15.9 Å². The van der Waals surface area contributed by atoms with Gasteiger partial charge >= 0.3 is 0 Å². The summed E-state index contributed by atoms with van der Waals surface area (Å²) in [5.41, 5.74) is 3.42. The quantitative estimate of drug-likeness (QED) is 0.612. The minimum Gasteiger partial charge on any atom is -0.507 e. The highest BCUT2D eigenvalue weighted by Crippen LogP contribution is 2.19. The van der Waals surface area contributed by atoms with Crippen LogP contribution in [0.4, 0.5) is 0 Å². The van der Waals surface area contributed by atoms with Gasteiger partial charge in [0.05, 0.1) is 6.21 Å². The predicted octanol–water partition coefficient (Wildman–Crippen LogP) is 3.68. The Kier molecular flexibility index (Phi) is 4.92. The third kappa shape index (κ3) is 3.91. The molecule has 0 aliphatic rings. The maximum absolute atomic E-state index is 11.8. The monoisotopic (exact) mass is 396 g/mol. The highest BCUT2D eigenvalue weighted by molar-refractivity contribution is 9.10. The number of aromatic hydroxyl groups is 1. The maximum Gasteiger partial charge on any atom is 0.271 e. The van der Waals surface area contributed by atoms with Crippen LogP contribution in [0.2, 0.25) is 0 Å². The van der Waals surface area contributed by atoms with Gasteiger partial charge in [0.15, 0.2) is 0 Å². The molecule has 0 bridgehead atoms. The van der Waals surface area contributed by atoms with Crippen molar-refractivity contribution in [3.8, 4) is 5.75 Å². The molecule has 2 aromatic rings. The fourth-order valence-electron chi connectivity index (χ4n) is 1.46. The third-order valence-electron chi connectivity index (χ3n) is 2.47. The van der Waals surface area contributed by atoms with Gasteiger partial charge in [0, 0.05) is 20.1 Å². The van der Waals surface area contributed by atoms with Gasteiger partial charge < -0.3 is 5.11 Å². The van der Waals surface area contributed by atoms with E-state index in [0.717, 1.165) is 8.95 Å². The maximum atomic E-state index is 11.8. The zero-order valence-corrected chi connectivity index (χ0v) is 13.3. The normalized spacial score (nSPS) is 10.7. The Labute approximate surface area is 132 Å². The van der Waals surface area contributed by atoms with Crippen LogP contribution in [-0.2, 0) is 0 Å². The number of hydrazone groups is 1. The third-order valence-corrected chi connectivity index (χ3v) is 3.49. The summed E-state index contributed by atoms with van der Waals surface area (Å²) in [5, 5.41) is 13.4. The largest absolute Gasteiger partial charge is 0.507 e. The van der Waals surface area contributed by atoms with Crippen LogP contribution in [0.5, 0.6) is 5.75 Å². The summed E-state index contributed by atoms with van der Waals surface area (Å²) >= 11 is 6.60. The molecule has 2 N–H and O–H groups in total. The van der Waals surface area contributed by atoms with Gasteiger partial charge in [-0.3, -0.25) is 4.79 Å². The van der Waals surface area contributed by atoms with Gasteiger partial charge in [0.2, 0.25) is 0 Å². The molecule has 4 nitrogen and oxygen atoms in total. The summed E-state index contributed by atoms with van der Waals surface area (Å²) in [4.78, 5) is 11.8. The molecule has 2 aromatic carbocycles. The number of halogens is 2. The van der Waals surface area contributed by atoms with Gasteiger partial charge in [-0.1, -0.05) is 31.9 Å². The number of amides is 1. The highest BCUT2D eigenvalue weighted by Gasteiger charge is 2.03. The minimum atomic E-state index is -0.316. The van der Waals surface area contributed by atoms with E-state index in [1.807, 2.05) is 0 Å². The number of benzene rings is 2. The standard InChI is InChI=1S/C14H10Br2N2O2/c15-11-3-1-9(2-4-11)14(20)18-17-8-10-7-12(16)5-6-13(10)19/h1-8,19H,(H,18,20)/b17-8-. The Balaban J connectivity index is 2.04. The van der Waals surface area contributed by atoms with Gasteiger partial charge in [-0.05, 0) is 42.5 Å². The zero-order valence-electron chi connectivity index (χ0n) is 10.2. The van der Waals surface area contributed by atoms with Crippen molar-refractivity contribution in [2.24, 2.45) is 5.10 Å². The Hall–Kier alpha value is -1.66. The molecule has 0 fully saturated rings. The van der Waals surface area contributed by atoms with Crippen LogP contribution in [0.25, 0.3) is 0 Å². The molecule has 0 unspecified atom stereocenters. The first-order valence-corrected chi connectivity index (χ1v) is 7.22. The number of nitrogens with one attached hydrogen (secondary N) is 1. The zero-order chi connectivity index (χ0) is 14.5. The number of phenolic OH excluding ortho intramolecular Hbond substituents is 1. The average molecular weight is 398 g/mol. The summed E-state index contributed by atoms with van der Waals surface area (Å²) in [6.45, 7) is 0. The van der Waals surface area contributed by atoms with E-state index in [0.29, 0.717) is 11.1 Å². The van der Waals surface area contributed by atoms with Crippen LogP contribution >= 0.6 is 31.9 Å². The molecule has 2 rings (SSSR count). The first-order chi connectivity index (χ1) is 9.56. The Morgan fingerprint density at radius 3 is 2.45 bits per heavy atom. The molecule has 102 valence electrons. The molecule has 0 heterocycles. The number of rotatable bonds is 3. The molecule has 0 saturated heterocycles. The topological polar surface area (TPSA) is 61.7 Å². The second-order valence-electron chi connectivity index (χ2n) is 3.91. The molecule has 0 aromatic heterocycles. The van der Waals surface area contributed by atoms with Crippen molar-refractivity contribution in [1.29, 1.82) is 0 Å². The molecule has 0 spiro atoms. The molecule has 20 heavy (non-hydrogen) atoms. The second-order valence-corrected chi connectivity index (χ2v) is 5.74. The number of carbonyl (C=O) groups excluding carboxylic acids is 1. The smallest absolute Gasteiger partial charge is 0.271 e. The summed E-state index contributed by atoms with van der Waals surface area (Å²) < 4.78 is 1.72. The summed E-state index contributed by atoms with van der Waals surface area (Å²) in [7, 11) is 0. The van der Waals surface area contributed by atoms with E-state index in [4.69, 9.17) is 0 Å². The molecule has 6 heteroatoms. The van der Waals surface area contributed by atoms with Gasteiger partial charge in [0.1, 0.15) is 5.75 Å². The average Bonchev–Trinajstić information content (AvgIpc) is 2.43. The fourth-order valence-corrected chi connectivity index (χ4v) is 2.10. The van der Waals surface area contributed by atoms with E-state index < -0.39 is 0 Å². The minimum absolute atomic E-state index is 0.0924. The molecular weight excluding hydrogens is 388 g/mol. The van der Waals surface area contributed by atoms with E-state index in [-0.39, 0.29) is 11.7 Å². The number of carbonyl (C=O) groups is 1. The van der Waals surface area contributed by atoms with Gasteiger partial charge in [0.25, 0.3) is 5.91 Å². The van der Waals surface area contributed by atoms with Crippen molar-refractivity contribution >= 4 is 44.0 Å². The lowest BCUT2D eigenvalue weighted by Gasteiger charge is -2.01. The molecule has 0 atom stereocenters. The van der Waals surface area contributed by atoms with E-state index in [2.05, 4.69) is 42.4 Å². The Morgan fingerprint density at radius 1 is 1.10 bits per heavy atom. The van der Waals surface area contributed by atoms with Gasteiger partial charge in [-0.2, -0.15) is 5.10 Å². The lowest BCUT2D eigenvalue weighted by atomic mass is 10.2. The lowest BCUT2D eigenvalue weighted by molar-refractivity contribution is 0.0955. The number of nitrogens with zero attached hydrogens (tertiary/aromatic N) is 1.